The monoisotopic (exact) mass is 502 g/mol. The number of carboxylic acid groups (broad SMARTS) is 1. The summed E-state index contributed by atoms with van der Waals surface area (Å²) in [5.74, 6) is -2.29. The van der Waals surface area contributed by atoms with Gasteiger partial charge in [-0.3, -0.25) is 14.4 Å². The topological polar surface area (TPSA) is 107 Å². The molecule has 0 aromatic heterocycles. The van der Waals surface area contributed by atoms with Crippen molar-refractivity contribution in [3.63, 3.8) is 0 Å². The van der Waals surface area contributed by atoms with Crippen LogP contribution in [0.1, 0.15) is 39.0 Å². The van der Waals surface area contributed by atoms with E-state index in [-0.39, 0.29) is 25.0 Å². The highest BCUT2D eigenvalue weighted by molar-refractivity contribution is 8.02. The van der Waals surface area contributed by atoms with Gasteiger partial charge in [0.15, 0.2) is 0 Å². The number of aliphatic hydroxyl groups excluding tert-OH is 1. The van der Waals surface area contributed by atoms with Gasteiger partial charge in [0.25, 0.3) is 5.91 Å². The van der Waals surface area contributed by atoms with E-state index in [0.29, 0.717) is 43.7 Å². The zero-order valence-corrected chi connectivity index (χ0v) is 21.1. The maximum Gasteiger partial charge on any atom is 0.308 e. The molecule has 2 unspecified atom stereocenters. The first-order chi connectivity index (χ1) is 16.7. The molecule has 0 aliphatic carbocycles. The van der Waals surface area contributed by atoms with E-state index in [4.69, 9.17) is 9.84 Å². The second-order valence-electron chi connectivity index (χ2n) is 9.82. The molecule has 35 heavy (non-hydrogen) atoms. The minimum Gasteiger partial charge on any atom is -0.497 e. The van der Waals surface area contributed by atoms with Gasteiger partial charge >= 0.3 is 5.97 Å². The van der Waals surface area contributed by atoms with Crippen LogP contribution >= 0.6 is 11.8 Å². The summed E-state index contributed by atoms with van der Waals surface area (Å²) in [4.78, 5) is 43.7. The lowest BCUT2D eigenvalue weighted by molar-refractivity contribution is -0.150. The quantitative estimate of drug-likeness (QED) is 0.354. The molecule has 5 atom stereocenters. The highest BCUT2D eigenvalue weighted by Crippen LogP contribution is 2.71. The lowest BCUT2D eigenvalue weighted by Crippen LogP contribution is -2.55. The van der Waals surface area contributed by atoms with Crippen molar-refractivity contribution in [2.24, 2.45) is 11.8 Å². The normalized spacial score (nSPS) is 30.9. The third-order valence-electron chi connectivity index (χ3n) is 7.80. The number of nitrogens with zero attached hydrogens (tertiary/aromatic N) is 2. The maximum absolute atomic E-state index is 14.3. The molecule has 3 aliphatic rings. The second kappa shape index (κ2) is 9.85. The van der Waals surface area contributed by atoms with Crippen molar-refractivity contribution < 1.29 is 29.3 Å². The molecule has 3 fully saturated rings. The van der Waals surface area contributed by atoms with E-state index >= 15 is 0 Å². The summed E-state index contributed by atoms with van der Waals surface area (Å²) < 4.78 is 3.91. The van der Waals surface area contributed by atoms with Gasteiger partial charge in [-0.1, -0.05) is 6.08 Å². The zero-order chi connectivity index (χ0) is 25.4. The van der Waals surface area contributed by atoms with Crippen molar-refractivity contribution in [3.8, 4) is 5.75 Å². The predicted octanol–water partition coefficient (Wildman–Crippen LogP) is 2.94. The van der Waals surface area contributed by atoms with E-state index in [1.165, 1.54) is 11.8 Å². The molecule has 1 aromatic rings. The molecule has 1 spiro atoms. The van der Waals surface area contributed by atoms with Crippen molar-refractivity contribution in [2.45, 2.75) is 54.6 Å². The number of carbonyl (C=O) groups is 3. The smallest absolute Gasteiger partial charge is 0.308 e. The van der Waals surface area contributed by atoms with Crippen LogP contribution in [0.4, 0.5) is 5.69 Å². The lowest BCUT2D eigenvalue weighted by Gasteiger charge is -2.37. The molecule has 1 aromatic carbocycles. The number of amides is 2. The Kier molecular flexibility index (Phi) is 7.20. The van der Waals surface area contributed by atoms with E-state index in [2.05, 4.69) is 6.58 Å². The highest BCUT2D eigenvalue weighted by atomic mass is 32.2. The largest absolute Gasteiger partial charge is 0.497 e. The Bertz CT molecular complexity index is 1000. The van der Waals surface area contributed by atoms with Crippen LogP contribution in [0.5, 0.6) is 5.75 Å². The van der Waals surface area contributed by atoms with Crippen molar-refractivity contribution in [1.82, 2.24) is 4.90 Å². The Morgan fingerprint density at radius 2 is 1.97 bits per heavy atom. The molecule has 2 amide bonds. The fraction of sp³-hybridized carbons (Fsp3) is 0.577. The number of likely N-dealkylation sites (tertiary alicyclic amines) is 1. The number of carboxylic acids is 1. The minimum atomic E-state index is -0.966. The van der Waals surface area contributed by atoms with Crippen LogP contribution in [0.15, 0.2) is 36.9 Å². The van der Waals surface area contributed by atoms with Crippen molar-refractivity contribution in [3.05, 3.63) is 36.9 Å². The molecule has 3 saturated heterocycles. The Morgan fingerprint density at radius 1 is 1.26 bits per heavy atom. The number of aliphatic carboxylic acids is 1. The van der Waals surface area contributed by atoms with Crippen LogP contribution < -0.4 is 9.64 Å². The van der Waals surface area contributed by atoms with Gasteiger partial charge in [0.2, 0.25) is 5.91 Å². The molecule has 2 N–H and O–H groups in total. The molecule has 190 valence electrons. The Hall–Kier alpha value is -2.52. The van der Waals surface area contributed by atoms with Crippen molar-refractivity contribution in [2.75, 3.05) is 31.7 Å². The van der Waals surface area contributed by atoms with Crippen LogP contribution in [0.2, 0.25) is 0 Å². The van der Waals surface area contributed by atoms with Crippen LogP contribution in [-0.2, 0) is 14.4 Å². The Labute approximate surface area is 210 Å². The number of hydrogen-bond donors (Lipinski definition) is 2. The number of hydrogen-bond acceptors (Lipinski definition) is 6. The molecule has 0 radical (unpaired) electrons. The summed E-state index contributed by atoms with van der Waals surface area (Å²) in [6.07, 6.45) is 4.92. The van der Waals surface area contributed by atoms with Gasteiger partial charge in [0, 0.05) is 30.1 Å². The number of aliphatic hydroxyl groups is 1. The average Bonchev–Trinajstić information content (AvgIpc) is 3.41. The van der Waals surface area contributed by atoms with Crippen LogP contribution in [0.25, 0.3) is 0 Å². The van der Waals surface area contributed by atoms with E-state index in [0.717, 1.165) is 6.42 Å². The Balaban J connectivity index is 1.74. The number of carbonyl (C=O) groups excluding carboxylic acids is 2. The third-order valence-corrected chi connectivity index (χ3v) is 9.78. The number of fused-ring (bicyclic) bond motifs is 1. The van der Waals surface area contributed by atoms with Crippen LogP contribution in [0, 0.1) is 11.8 Å². The first-order valence-corrected chi connectivity index (χ1v) is 13.0. The molecule has 9 heteroatoms. The Morgan fingerprint density at radius 3 is 2.57 bits per heavy atom. The number of unbranched alkanes of at least 4 members (excludes halogenated alkanes) is 2. The number of anilines is 1. The summed E-state index contributed by atoms with van der Waals surface area (Å²) in [6.45, 7) is 6.45. The first-order valence-electron chi connectivity index (χ1n) is 12.1. The summed E-state index contributed by atoms with van der Waals surface area (Å²) in [5, 5.41) is 19.3. The number of thioether (sulfide) groups is 1. The summed E-state index contributed by atoms with van der Waals surface area (Å²) >= 11 is 1.54. The van der Waals surface area contributed by atoms with Crippen molar-refractivity contribution >= 4 is 35.2 Å². The van der Waals surface area contributed by atoms with Crippen LogP contribution in [0.3, 0.4) is 0 Å². The summed E-state index contributed by atoms with van der Waals surface area (Å²) in [7, 11) is 1.58. The fourth-order valence-corrected chi connectivity index (χ4v) is 8.60. The zero-order valence-electron chi connectivity index (χ0n) is 20.3. The molecule has 2 bridgehead atoms. The van der Waals surface area contributed by atoms with Gasteiger partial charge in [0.1, 0.15) is 11.8 Å². The standard InChI is InChI=1S/C26H34N2O6S/c1-4-14-27(17-8-10-18(34-3)11-9-17)23(31)21-26-13-12-25(2,35-26)20(24(32)33)19(26)22(30)28(21)15-6-5-7-16-29/h4,8-11,19-21,29H,1,5-7,12-16H2,2-3H3,(H,32,33)/t19-,20-,21?,25+,26?/m0/s1. The number of ether oxygens (including phenoxy) is 1. The fourth-order valence-electron chi connectivity index (χ4n) is 6.25. The molecule has 3 heterocycles. The third kappa shape index (κ3) is 4.12. The maximum atomic E-state index is 14.3. The molecular weight excluding hydrogens is 468 g/mol. The molecule has 8 nitrogen and oxygen atoms in total. The van der Waals surface area contributed by atoms with E-state index in [1.54, 1.807) is 47.3 Å². The molecule has 0 saturated carbocycles. The van der Waals surface area contributed by atoms with Crippen LogP contribution in [-0.4, -0.2) is 75.2 Å². The number of benzene rings is 1. The average molecular weight is 503 g/mol. The van der Waals surface area contributed by atoms with Gasteiger partial charge < -0.3 is 24.7 Å². The second-order valence-corrected chi connectivity index (χ2v) is 11.7. The number of methoxy groups -OCH3 is 1. The number of rotatable bonds is 11. The molecular formula is C26H34N2O6S. The minimum absolute atomic E-state index is 0.0722. The van der Waals surface area contributed by atoms with Gasteiger partial charge in [-0.2, -0.15) is 0 Å². The van der Waals surface area contributed by atoms with Gasteiger partial charge in [0.05, 0.1) is 23.7 Å². The van der Waals surface area contributed by atoms with E-state index in [1.807, 2.05) is 6.92 Å². The van der Waals surface area contributed by atoms with E-state index in [9.17, 15) is 19.5 Å². The predicted molar refractivity (Wildman–Crippen MR) is 135 cm³/mol. The highest BCUT2D eigenvalue weighted by Gasteiger charge is 2.77. The lowest BCUT2D eigenvalue weighted by atomic mass is 9.66. The summed E-state index contributed by atoms with van der Waals surface area (Å²) in [5.41, 5.74) is 0.668. The van der Waals surface area contributed by atoms with Gasteiger partial charge in [-0.25, -0.2) is 0 Å². The first kappa shape index (κ1) is 25.6. The van der Waals surface area contributed by atoms with Gasteiger partial charge in [-0.15, -0.1) is 18.3 Å². The van der Waals surface area contributed by atoms with Gasteiger partial charge in [-0.05, 0) is 63.3 Å². The van der Waals surface area contributed by atoms with E-state index < -0.39 is 33.3 Å². The van der Waals surface area contributed by atoms with Crippen molar-refractivity contribution in [1.29, 1.82) is 0 Å². The summed E-state index contributed by atoms with van der Waals surface area (Å²) in [6, 6.07) is 6.41. The molecule has 4 rings (SSSR count). The molecule has 3 aliphatic heterocycles. The SMILES string of the molecule is C=CCN(C(=O)C1N(CCCCCO)C(=O)[C@@H]2[C@@H](C(=O)O)[C@@]3(C)CCC12S3)c1ccc(OC)cc1.